The minimum atomic E-state index is -0.398. The molecule has 1 aromatic carbocycles. The number of nitrogens with zero attached hydrogens (tertiary/aromatic N) is 1. The fraction of sp³-hybridized carbons (Fsp3) is 0.500. The largest absolute Gasteiger partial charge is 0.320 e. The van der Waals surface area contributed by atoms with Crippen molar-refractivity contribution in [3.63, 3.8) is 0 Å². The lowest BCUT2D eigenvalue weighted by Gasteiger charge is -2.39. The molecular formula is C12H16ClFN2. The third kappa shape index (κ3) is 2.21. The molecule has 0 amide bonds. The van der Waals surface area contributed by atoms with Gasteiger partial charge in [0.1, 0.15) is 5.82 Å². The summed E-state index contributed by atoms with van der Waals surface area (Å²) in [6, 6.07) is 4.78. The molecule has 1 heterocycles. The molecule has 1 aromatic rings. The summed E-state index contributed by atoms with van der Waals surface area (Å²) in [7, 11) is 2.05. The first-order valence-corrected chi connectivity index (χ1v) is 5.82. The second kappa shape index (κ2) is 4.32. The summed E-state index contributed by atoms with van der Waals surface area (Å²) in [6.07, 6.45) is 1.97. The van der Waals surface area contributed by atoms with E-state index in [9.17, 15) is 4.39 Å². The van der Waals surface area contributed by atoms with Crippen LogP contribution in [-0.4, -0.2) is 25.0 Å². The minimum Gasteiger partial charge on any atom is -0.320 e. The molecule has 0 aliphatic carbocycles. The topological polar surface area (TPSA) is 29.3 Å². The van der Waals surface area contributed by atoms with Gasteiger partial charge in [-0.15, -0.1) is 0 Å². The molecule has 2 rings (SSSR count). The predicted molar refractivity (Wildman–Crippen MR) is 64.0 cm³/mol. The van der Waals surface area contributed by atoms with Gasteiger partial charge in [0.2, 0.25) is 0 Å². The van der Waals surface area contributed by atoms with Crippen molar-refractivity contribution in [3.05, 3.63) is 34.6 Å². The molecule has 1 saturated heterocycles. The zero-order valence-corrected chi connectivity index (χ0v) is 10.1. The van der Waals surface area contributed by atoms with Crippen molar-refractivity contribution in [2.24, 2.45) is 5.73 Å². The Balaban J connectivity index is 2.31. The molecule has 16 heavy (non-hydrogen) atoms. The monoisotopic (exact) mass is 242 g/mol. The standard InChI is InChI=1S/C12H16ClFN2/c1-16-6-2-5-12(15,8-16)9-3-4-11(14)10(13)7-9/h3-4,7H,2,5-6,8,15H2,1H3. The van der Waals surface area contributed by atoms with E-state index in [0.29, 0.717) is 0 Å². The number of likely N-dealkylation sites (tertiary alicyclic amines) is 1. The maximum Gasteiger partial charge on any atom is 0.141 e. The summed E-state index contributed by atoms with van der Waals surface area (Å²) in [5, 5.41) is 0.149. The van der Waals surface area contributed by atoms with Gasteiger partial charge >= 0.3 is 0 Å². The summed E-state index contributed by atoms with van der Waals surface area (Å²) >= 11 is 5.79. The van der Waals surface area contributed by atoms with E-state index >= 15 is 0 Å². The van der Waals surface area contributed by atoms with Crippen LogP contribution in [0.3, 0.4) is 0 Å². The SMILES string of the molecule is CN1CCCC(N)(c2ccc(F)c(Cl)c2)C1. The Morgan fingerprint density at radius 3 is 2.88 bits per heavy atom. The molecular weight excluding hydrogens is 227 g/mol. The van der Waals surface area contributed by atoms with Crippen molar-refractivity contribution in [1.82, 2.24) is 4.90 Å². The number of nitrogens with two attached hydrogens (primary N) is 1. The van der Waals surface area contributed by atoms with E-state index in [0.717, 1.165) is 31.5 Å². The van der Waals surface area contributed by atoms with E-state index in [1.807, 2.05) is 7.05 Å². The van der Waals surface area contributed by atoms with Crippen LogP contribution in [0, 0.1) is 5.82 Å². The first kappa shape index (κ1) is 11.8. The zero-order valence-electron chi connectivity index (χ0n) is 9.34. The normalized spacial score (nSPS) is 27.0. The lowest BCUT2D eigenvalue weighted by Crippen LogP contribution is -2.50. The Morgan fingerprint density at radius 2 is 2.25 bits per heavy atom. The van der Waals surface area contributed by atoms with E-state index in [-0.39, 0.29) is 5.02 Å². The molecule has 1 aliphatic rings. The summed E-state index contributed by atoms with van der Waals surface area (Å²) in [5.41, 5.74) is 6.89. The van der Waals surface area contributed by atoms with Crippen LogP contribution in [0.2, 0.25) is 5.02 Å². The minimum absolute atomic E-state index is 0.149. The van der Waals surface area contributed by atoms with Crippen LogP contribution in [0.15, 0.2) is 18.2 Å². The van der Waals surface area contributed by atoms with Crippen LogP contribution in [0.1, 0.15) is 18.4 Å². The number of halogens is 2. The average molecular weight is 243 g/mol. The van der Waals surface area contributed by atoms with E-state index < -0.39 is 11.4 Å². The number of likely N-dealkylation sites (N-methyl/N-ethyl adjacent to an activating group) is 1. The van der Waals surface area contributed by atoms with Crippen molar-refractivity contribution in [2.75, 3.05) is 20.1 Å². The van der Waals surface area contributed by atoms with Crippen LogP contribution in [0.4, 0.5) is 4.39 Å². The molecule has 1 fully saturated rings. The van der Waals surface area contributed by atoms with Gasteiger partial charge in [-0.3, -0.25) is 0 Å². The van der Waals surface area contributed by atoms with Gasteiger partial charge in [0.05, 0.1) is 10.6 Å². The highest BCUT2D eigenvalue weighted by Gasteiger charge is 2.32. The average Bonchev–Trinajstić information content (AvgIpc) is 2.21. The first-order valence-electron chi connectivity index (χ1n) is 5.44. The van der Waals surface area contributed by atoms with Crippen molar-refractivity contribution >= 4 is 11.6 Å². The molecule has 1 atom stereocenters. The fourth-order valence-corrected chi connectivity index (χ4v) is 2.53. The Kier molecular flexibility index (Phi) is 3.19. The van der Waals surface area contributed by atoms with Crippen molar-refractivity contribution in [1.29, 1.82) is 0 Å². The Hall–Kier alpha value is -0.640. The lowest BCUT2D eigenvalue weighted by atomic mass is 9.83. The number of piperidine rings is 1. The highest BCUT2D eigenvalue weighted by molar-refractivity contribution is 6.30. The van der Waals surface area contributed by atoms with Gasteiger partial charge in [-0.1, -0.05) is 17.7 Å². The van der Waals surface area contributed by atoms with Gasteiger partial charge < -0.3 is 10.6 Å². The molecule has 2 N–H and O–H groups in total. The highest BCUT2D eigenvalue weighted by Crippen LogP contribution is 2.30. The number of rotatable bonds is 1. The van der Waals surface area contributed by atoms with Crippen molar-refractivity contribution < 1.29 is 4.39 Å². The molecule has 0 spiro atoms. The van der Waals surface area contributed by atoms with Gasteiger partial charge in [0, 0.05) is 6.54 Å². The highest BCUT2D eigenvalue weighted by atomic mass is 35.5. The summed E-state index contributed by atoms with van der Waals surface area (Å²) in [5.74, 6) is -0.391. The number of hydrogen-bond acceptors (Lipinski definition) is 2. The van der Waals surface area contributed by atoms with Gasteiger partial charge in [-0.2, -0.15) is 0 Å². The first-order chi connectivity index (χ1) is 7.51. The van der Waals surface area contributed by atoms with E-state index in [4.69, 9.17) is 17.3 Å². The molecule has 0 aromatic heterocycles. The van der Waals surface area contributed by atoms with Crippen molar-refractivity contribution in [2.45, 2.75) is 18.4 Å². The van der Waals surface area contributed by atoms with Crippen LogP contribution >= 0.6 is 11.6 Å². The van der Waals surface area contributed by atoms with Gasteiger partial charge in [0.25, 0.3) is 0 Å². The van der Waals surface area contributed by atoms with E-state index in [1.165, 1.54) is 6.07 Å². The Morgan fingerprint density at radius 1 is 1.50 bits per heavy atom. The van der Waals surface area contributed by atoms with Gasteiger partial charge in [0.15, 0.2) is 0 Å². The number of benzene rings is 1. The second-order valence-corrected chi connectivity index (χ2v) is 5.03. The van der Waals surface area contributed by atoms with Crippen molar-refractivity contribution in [3.8, 4) is 0 Å². The van der Waals surface area contributed by atoms with Crippen LogP contribution in [-0.2, 0) is 5.54 Å². The zero-order chi connectivity index (χ0) is 11.8. The second-order valence-electron chi connectivity index (χ2n) is 4.63. The summed E-state index contributed by atoms with van der Waals surface area (Å²) < 4.78 is 13.1. The third-order valence-electron chi connectivity index (χ3n) is 3.21. The maximum atomic E-state index is 13.1. The molecule has 2 nitrogen and oxygen atoms in total. The summed E-state index contributed by atoms with van der Waals surface area (Å²) in [6.45, 7) is 1.85. The summed E-state index contributed by atoms with van der Waals surface area (Å²) in [4.78, 5) is 2.20. The number of hydrogen-bond donors (Lipinski definition) is 1. The Labute approximate surface area is 100 Å². The van der Waals surface area contributed by atoms with Crippen LogP contribution in [0.25, 0.3) is 0 Å². The van der Waals surface area contributed by atoms with Crippen LogP contribution < -0.4 is 5.73 Å². The lowest BCUT2D eigenvalue weighted by molar-refractivity contribution is 0.179. The smallest absolute Gasteiger partial charge is 0.141 e. The molecule has 88 valence electrons. The fourth-order valence-electron chi connectivity index (χ4n) is 2.35. The van der Waals surface area contributed by atoms with Crippen LogP contribution in [0.5, 0.6) is 0 Å². The Bertz CT molecular complexity index is 397. The maximum absolute atomic E-state index is 13.1. The van der Waals surface area contributed by atoms with Gasteiger partial charge in [-0.05, 0) is 44.1 Å². The molecule has 4 heteroatoms. The molecule has 0 saturated carbocycles. The molecule has 0 bridgehead atoms. The predicted octanol–water partition coefficient (Wildman–Crippen LogP) is 2.36. The third-order valence-corrected chi connectivity index (χ3v) is 3.50. The molecule has 1 unspecified atom stereocenters. The molecule has 1 aliphatic heterocycles. The van der Waals surface area contributed by atoms with Gasteiger partial charge in [-0.25, -0.2) is 4.39 Å². The molecule has 0 radical (unpaired) electrons. The van der Waals surface area contributed by atoms with E-state index in [2.05, 4.69) is 4.90 Å². The quantitative estimate of drug-likeness (QED) is 0.819. The van der Waals surface area contributed by atoms with E-state index in [1.54, 1.807) is 12.1 Å².